The molecular formula is C9H16O5. The number of esters is 1. The summed E-state index contributed by atoms with van der Waals surface area (Å²) in [7, 11) is 0. The molecule has 14 heavy (non-hydrogen) atoms. The molecule has 0 aliphatic rings. The summed E-state index contributed by atoms with van der Waals surface area (Å²) in [6, 6.07) is 0. The monoisotopic (exact) mass is 204 g/mol. The van der Waals surface area contributed by atoms with Crippen LogP contribution in [-0.4, -0.2) is 30.9 Å². The smallest absolute Gasteiger partial charge is 0.463 e. The van der Waals surface area contributed by atoms with Gasteiger partial charge in [0.1, 0.15) is 0 Å². The van der Waals surface area contributed by atoms with Crippen molar-refractivity contribution in [3.63, 3.8) is 0 Å². The van der Waals surface area contributed by atoms with Gasteiger partial charge in [-0.25, -0.2) is 9.59 Å². The van der Waals surface area contributed by atoms with Gasteiger partial charge in [0.25, 0.3) is 0 Å². The van der Waals surface area contributed by atoms with E-state index in [1.165, 1.54) is 13.8 Å². The molecular weight excluding hydrogens is 188 g/mol. The molecule has 0 saturated carbocycles. The molecule has 0 atom stereocenters. The predicted molar refractivity (Wildman–Crippen MR) is 48.8 cm³/mol. The van der Waals surface area contributed by atoms with Crippen LogP contribution in [0, 0.1) is 0 Å². The van der Waals surface area contributed by atoms with Crippen molar-refractivity contribution in [3.8, 4) is 0 Å². The number of hydrogen-bond donors (Lipinski definition) is 0. The zero-order valence-electron chi connectivity index (χ0n) is 8.96. The molecule has 0 saturated heterocycles. The standard InChI is InChI=1S/C9H16O5/c1-5-12-7(10)9(3,4)14-8(11)13-6-2/h5-6H2,1-4H3. The van der Waals surface area contributed by atoms with Gasteiger partial charge in [0.05, 0.1) is 13.2 Å². The second-order valence-corrected chi connectivity index (χ2v) is 3.02. The van der Waals surface area contributed by atoms with E-state index in [0.717, 1.165) is 0 Å². The average Bonchev–Trinajstić information content (AvgIpc) is 2.03. The van der Waals surface area contributed by atoms with Crippen LogP contribution in [0.5, 0.6) is 0 Å². The van der Waals surface area contributed by atoms with Gasteiger partial charge < -0.3 is 14.2 Å². The Labute approximate surface area is 83.3 Å². The van der Waals surface area contributed by atoms with E-state index in [9.17, 15) is 9.59 Å². The van der Waals surface area contributed by atoms with Crippen LogP contribution in [0.15, 0.2) is 0 Å². The molecule has 0 unspecified atom stereocenters. The van der Waals surface area contributed by atoms with E-state index >= 15 is 0 Å². The Morgan fingerprint density at radius 1 is 1.07 bits per heavy atom. The van der Waals surface area contributed by atoms with Crippen LogP contribution in [0.25, 0.3) is 0 Å². The highest BCUT2D eigenvalue weighted by Crippen LogP contribution is 2.12. The van der Waals surface area contributed by atoms with E-state index in [2.05, 4.69) is 4.74 Å². The van der Waals surface area contributed by atoms with Crippen LogP contribution in [0.4, 0.5) is 4.79 Å². The molecule has 0 aromatic rings. The maximum absolute atomic E-state index is 11.2. The van der Waals surface area contributed by atoms with Crippen molar-refractivity contribution in [2.24, 2.45) is 0 Å². The number of ether oxygens (including phenoxy) is 3. The van der Waals surface area contributed by atoms with E-state index in [1.807, 2.05) is 0 Å². The first-order chi connectivity index (χ1) is 6.44. The van der Waals surface area contributed by atoms with Crippen molar-refractivity contribution >= 4 is 12.1 Å². The first-order valence-corrected chi connectivity index (χ1v) is 4.47. The third kappa shape index (κ3) is 4.11. The van der Waals surface area contributed by atoms with Gasteiger partial charge in [-0.2, -0.15) is 0 Å². The summed E-state index contributed by atoms with van der Waals surface area (Å²) in [6.45, 7) is 6.67. The van der Waals surface area contributed by atoms with E-state index in [1.54, 1.807) is 13.8 Å². The summed E-state index contributed by atoms with van der Waals surface area (Å²) in [4.78, 5) is 22.2. The quantitative estimate of drug-likeness (QED) is 0.649. The largest absolute Gasteiger partial charge is 0.509 e. The van der Waals surface area contributed by atoms with Crippen LogP contribution in [0.2, 0.25) is 0 Å². The van der Waals surface area contributed by atoms with Gasteiger partial charge in [-0.1, -0.05) is 0 Å². The third-order valence-corrected chi connectivity index (χ3v) is 1.37. The topological polar surface area (TPSA) is 61.8 Å². The second-order valence-electron chi connectivity index (χ2n) is 3.02. The van der Waals surface area contributed by atoms with Crippen molar-refractivity contribution in [1.29, 1.82) is 0 Å². The van der Waals surface area contributed by atoms with Gasteiger partial charge in [-0.3, -0.25) is 0 Å². The van der Waals surface area contributed by atoms with Crippen molar-refractivity contribution in [3.05, 3.63) is 0 Å². The Bertz CT molecular complexity index is 209. The molecule has 0 N–H and O–H groups in total. The molecule has 0 radical (unpaired) electrons. The number of rotatable bonds is 4. The van der Waals surface area contributed by atoms with Gasteiger partial charge in [0, 0.05) is 0 Å². The van der Waals surface area contributed by atoms with Crippen molar-refractivity contribution in [1.82, 2.24) is 0 Å². The minimum atomic E-state index is -1.30. The summed E-state index contributed by atoms with van der Waals surface area (Å²) in [5.74, 6) is -0.590. The van der Waals surface area contributed by atoms with Gasteiger partial charge >= 0.3 is 12.1 Å². The fourth-order valence-electron chi connectivity index (χ4n) is 0.702. The van der Waals surface area contributed by atoms with Crippen LogP contribution >= 0.6 is 0 Å². The minimum absolute atomic E-state index is 0.206. The molecule has 0 heterocycles. The van der Waals surface area contributed by atoms with E-state index in [4.69, 9.17) is 9.47 Å². The molecule has 0 rings (SSSR count). The van der Waals surface area contributed by atoms with E-state index in [-0.39, 0.29) is 13.2 Å². The lowest BCUT2D eigenvalue weighted by Crippen LogP contribution is -2.38. The van der Waals surface area contributed by atoms with Gasteiger partial charge in [0.15, 0.2) is 0 Å². The summed E-state index contributed by atoms with van der Waals surface area (Å²) >= 11 is 0. The predicted octanol–water partition coefficient (Wildman–Crippen LogP) is 1.50. The molecule has 0 aromatic heterocycles. The highest BCUT2D eigenvalue weighted by atomic mass is 16.7. The summed E-state index contributed by atoms with van der Waals surface area (Å²) in [5.41, 5.74) is -1.30. The first kappa shape index (κ1) is 12.7. The molecule has 0 fully saturated rings. The average molecular weight is 204 g/mol. The molecule has 0 spiro atoms. The first-order valence-electron chi connectivity index (χ1n) is 4.47. The summed E-state index contributed by atoms with van der Waals surface area (Å²) in [6.07, 6.45) is -0.870. The van der Waals surface area contributed by atoms with Crippen LogP contribution in [-0.2, 0) is 19.0 Å². The zero-order valence-corrected chi connectivity index (χ0v) is 8.96. The Hall–Kier alpha value is -1.26. The maximum Gasteiger partial charge on any atom is 0.509 e. The highest BCUT2D eigenvalue weighted by Gasteiger charge is 2.34. The van der Waals surface area contributed by atoms with E-state index < -0.39 is 17.7 Å². The third-order valence-electron chi connectivity index (χ3n) is 1.37. The van der Waals surface area contributed by atoms with Crippen molar-refractivity contribution in [2.75, 3.05) is 13.2 Å². The molecule has 0 aliphatic heterocycles. The highest BCUT2D eigenvalue weighted by molar-refractivity contribution is 5.81. The maximum atomic E-state index is 11.2. The van der Waals surface area contributed by atoms with Crippen molar-refractivity contribution in [2.45, 2.75) is 33.3 Å². The van der Waals surface area contributed by atoms with Gasteiger partial charge in [-0.05, 0) is 27.7 Å². The van der Waals surface area contributed by atoms with Gasteiger partial charge in [0.2, 0.25) is 5.60 Å². The zero-order chi connectivity index (χ0) is 11.2. The SMILES string of the molecule is CCOC(=O)OC(C)(C)C(=O)OCC. The Morgan fingerprint density at radius 2 is 1.57 bits per heavy atom. The Balaban J connectivity index is 4.18. The van der Waals surface area contributed by atoms with Crippen LogP contribution < -0.4 is 0 Å². The molecule has 0 aliphatic carbocycles. The lowest BCUT2D eigenvalue weighted by Gasteiger charge is -2.21. The lowest BCUT2D eigenvalue weighted by molar-refractivity contribution is -0.163. The van der Waals surface area contributed by atoms with Gasteiger partial charge in [-0.15, -0.1) is 0 Å². The fraction of sp³-hybridized carbons (Fsp3) is 0.778. The molecule has 0 aromatic carbocycles. The second kappa shape index (κ2) is 5.47. The fourth-order valence-corrected chi connectivity index (χ4v) is 0.702. The van der Waals surface area contributed by atoms with Crippen LogP contribution in [0.1, 0.15) is 27.7 Å². The number of carbonyl (C=O) groups is 2. The number of hydrogen-bond acceptors (Lipinski definition) is 5. The molecule has 5 nitrogen and oxygen atoms in total. The molecule has 0 bridgehead atoms. The molecule has 5 heteroatoms. The Morgan fingerprint density at radius 3 is 2.00 bits per heavy atom. The minimum Gasteiger partial charge on any atom is -0.463 e. The lowest BCUT2D eigenvalue weighted by atomic mass is 10.1. The summed E-state index contributed by atoms with van der Waals surface area (Å²) < 4.78 is 14.0. The van der Waals surface area contributed by atoms with Crippen LogP contribution in [0.3, 0.4) is 0 Å². The molecule has 82 valence electrons. The normalized spacial score (nSPS) is 10.6. The molecule has 0 amide bonds. The number of carbonyl (C=O) groups excluding carboxylic acids is 2. The Kier molecular flexibility index (Phi) is 4.97. The van der Waals surface area contributed by atoms with Crippen molar-refractivity contribution < 1.29 is 23.8 Å². The summed E-state index contributed by atoms with van der Waals surface area (Å²) in [5, 5.41) is 0. The van der Waals surface area contributed by atoms with E-state index in [0.29, 0.717) is 0 Å².